The first-order valence-corrected chi connectivity index (χ1v) is 6.49. The van der Waals surface area contributed by atoms with Crippen LogP contribution in [0.2, 0.25) is 0 Å². The Morgan fingerprint density at radius 2 is 1.95 bits per heavy atom. The standard InChI is InChI=1S/C12H15NO6/c14-10-1-2-11(15)13(10)19-12(16)18-8-5-7-3-4-17-9(7)6-8/h7-9H,1-6H2/t7-,8+,9+/m0/s1. The average Bonchev–Trinajstić information content (AvgIpc) is 2.99. The molecule has 2 saturated heterocycles. The molecule has 2 amide bonds. The van der Waals surface area contributed by atoms with Gasteiger partial charge in [0.25, 0.3) is 11.8 Å². The van der Waals surface area contributed by atoms with Crippen LogP contribution in [0.25, 0.3) is 0 Å². The third kappa shape index (κ3) is 2.42. The van der Waals surface area contributed by atoms with Crippen molar-refractivity contribution in [2.75, 3.05) is 6.61 Å². The van der Waals surface area contributed by atoms with Gasteiger partial charge in [0.05, 0.1) is 6.10 Å². The second-order valence-corrected chi connectivity index (χ2v) is 5.09. The lowest BCUT2D eigenvalue weighted by molar-refractivity contribution is -0.178. The van der Waals surface area contributed by atoms with Crippen LogP contribution in [0.3, 0.4) is 0 Å². The molecule has 19 heavy (non-hydrogen) atoms. The molecular formula is C12H15NO6. The van der Waals surface area contributed by atoms with Gasteiger partial charge < -0.3 is 9.47 Å². The fourth-order valence-electron chi connectivity index (χ4n) is 2.90. The molecule has 0 unspecified atom stereocenters. The minimum absolute atomic E-state index is 0.0769. The maximum Gasteiger partial charge on any atom is 0.534 e. The van der Waals surface area contributed by atoms with Gasteiger partial charge in [0.2, 0.25) is 0 Å². The first-order valence-electron chi connectivity index (χ1n) is 6.49. The SMILES string of the molecule is O=C(O[C@@H]1C[C@@H]2CCO[C@@H]2C1)ON1C(=O)CCC1=O. The number of carbonyl (C=O) groups is 3. The van der Waals surface area contributed by atoms with Gasteiger partial charge in [-0.2, -0.15) is 0 Å². The molecule has 1 aliphatic carbocycles. The van der Waals surface area contributed by atoms with Crippen molar-refractivity contribution in [1.29, 1.82) is 0 Å². The maximum atomic E-state index is 11.5. The van der Waals surface area contributed by atoms with Crippen molar-refractivity contribution in [2.24, 2.45) is 5.92 Å². The molecule has 1 saturated carbocycles. The lowest BCUT2D eigenvalue weighted by Crippen LogP contribution is -2.33. The van der Waals surface area contributed by atoms with Crippen molar-refractivity contribution in [3.05, 3.63) is 0 Å². The number of amides is 2. The molecule has 0 aromatic carbocycles. The van der Waals surface area contributed by atoms with Crippen molar-refractivity contribution in [3.63, 3.8) is 0 Å². The summed E-state index contributed by atoms with van der Waals surface area (Å²) in [5.41, 5.74) is 0. The van der Waals surface area contributed by atoms with Gasteiger partial charge in [-0.3, -0.25) is 14.4 Å². The number of imide groups is 1. The highest BCUT2D eigenvalue weighted by atomic mass is 16.8. The molecule has 2 aliphatic heterocycles. The van der Waals surface area contributed by atoms with Gasteiger partial charge in [-0.1, -0.05) is 5.06 Å². The number of hydrogen-bond acceptors (Lipinski definition) is 6. The van der Waals surface area contributed by atoms with Gasteiger partial charge >= 0.3 is 6.16 Å². The second kappa shape index (κ2) is 4.80. The molecule has 7 heteroatoms. The second-order valence-electron chi connectivity index (χ2n) is 5.09. The van der Waals surface area contributed by atoms with E-state index in [4.69, 9.17) is 9.47 Å². The van der Waals surface area contributed by atoms with Crippen LogP contribution in [0.1, 0.15) is 32.1 Å². The fourth-order valence-corrected chi connectivity index (χ4v) is 2.90. The van der Waals surface area contributed by atoms with Crippen molar-refractivity contribution < 1.29 is 28.7 Å². The summed E-state index contributed by atoms with van der Waals surface area (Å²) in [6.45, 7) is 0.767. The Morgan fingerprint density at radius 3 is 2.63 bits per heavy atom. The zero-order valence-electron chi connectivity index (χ0n) is 10.4. The van der Waals surface area contributed by atoms with Gasteiger partial charge in [-0.05, 0) is 18.8 Å². The largest absolute Gasteiger partial charge is 0.534 e. The minimum Gasteiger partial charge on any atom is -0.429 e. The van der Waals surface area contributed by atoms with Crippen LogP contribution in [0.15, 0.2) is 0 Å². The summed E-state index contributed by atoms with van der Waals surface area (Å²) in [6, 6.07) is 0. The molecule has 0 spiro atoms. The van der Waals surface area contributed by atoms with Crippen LogP contribution in [0.5, 0.6) is 0 Å². The summed E-state index contributed by atoms with van der Waals surface area (Å²) in [5, 5.41) is 0.495. The molecule has 2 heterocycles. The fraction of sp³-hybridized carbons (Fsp3) is 0.750. The van der Waals surface area contributed by atoms with E-state index in [2.05, 4.69) is 4.84 Å². The van der Waals surface area contributed by atoms with Gasteiger partial charge in [-0.25, -0.2) is 4.79 Å². The van der Waals surface area contributed by atoms with E-state index in [0.717, 1.165) is 19.4 Å². The highest BCUT2D eigenvalue weighted by molar-refractivity contribution is 6.01. The Morgan fingerprint density at radius 1 is 1.21 bits per heavy atom. The molecule has 0 aromatic heterocycles. The zero-order chi connectivity index (χ0) is 13.4. The summed E-state index contributed by atoms with van der Waals surface area (Å²) in [5.74, 6) is -0.574. The number of rotatable bonds is 2. The summed E-state index contributed by atoms with van der Waals surface area (Å²) < 4.78 is 10.6. The first-order chi connectivity index (χ1) is 9.13. The minimum atomic E-state index is -0.992. The highest BCUT2D eigenvalue weighted by Gasteiger charge is 2.41. The average molecular weight is 269 g/mol. The van der Waals surface area contributed by atoms with Crippen LogP contribution in [0.4, 0.5) is 4.79 Å². The van der Waals surface area contributed by atoms with Crippen molar-refractivity contribution in [1.82, 2.24) is 5.06 Å². The molecule has 3 fully saturated rings. The quantitative estimate of drug-likeness (QED) is 0.544. The van der Waals surface area contributed by atoms with E-state index in [-0.39, 0.29) is 25.0 Å². The van der Waals surface area contributed by atoms with Crippen molar-refractivity contribution in [2.45, 2.75) is 44.3 Å². The molecule has 0 bridgehead atoms. The third-order valence-corrected chi connectivity index (χ3v) is 3.84. The first kappa shape index (κ1) is 12.4. The molecule has 3 aliphatic rings. The number of hydroxylamine groups is 2. The summed E-state index contributed by atoms with van der Waals surface area (Å²) in [4.78, 5) is 38.7. The van der Waals surface area contributed by atoms with E-state index in [1.807, 2.05) is 0 Å². The maximum absolute atomic E-state index is 11.5. The van der Waals surface area contributed by atoms with Crippen molar-refractivity contribution >= 4 is 18.0 Å². The zero-order valence-corrected chi connectivity index (χ0v) is 10.4. The monoisotopic (exact) mass is 269 g/mol. The van der Waals surface area contributed by atoms with Crippen LogP contribution >= 0.6 is 0 Å². The Balaban J connectivity index is 1.49. The molecule has 7 nitrogen and oxygen atoms in total. The number of nitrogens with zero attached hydrogens (tertiary/aromatic N) is 1. The molecule has 0 N–H and O–H groups in total. The highest BCUT2D eigenvalue weighted by Crippen LogP contribution is 2.37. The Hall–Kier alpha value is -1.63. The van der Waals surface area contributed by atoms with E-state index in [0.29, 0.717) is 17.4 Å². The lowest BCUT2D eigenvalue weighted by Gasteiger charge is -2.16. The summed E-state index contributed by atoms with van der Waals surface area (Å²) >= 11 is 0. The van der Waals surface area contributed by atoms with Gasteiger partial charge in [0.1, 0.15) is 6.10 Å². The number of hydrogen-bond donors (Lipinski definition) is 0. The predicted molar refractivity (Wildman–Crippen MR) is 59.5 cm³/mol. The molecule has 104 valence electrons. The number of ether oxygens (including phenoxy) is 2. The summed E-state index contributed by atoms with van der Waals surface area (Å²) in [7, 11) is 0. The molecule has 3 atom stereocenters. The number of carbonyl (C=O) groups excluding carboxylic acids is 3. The van der Waals surface area contributed by atoms with Gasteiger partial charge in [0.15, 0.2) is 0 Å². The van der Waals surface area contributed by atoms with E-state index < -0.39 is 18.0 Å². The van der Waals surface area contributed by atoms with Crippen LogP contribution in [-0.4, -0.2) is 41.8 Å². The van der Waals surface area contributed by atoms with Gasteiger partial charge in [-0.15, -0.1) is 0 Å². The van der Waals surface area contributed by atoms with Crippen LogP contribution in [0, 0.1) is 5.92 Å². The molecule has 0 radical (unpaired) electrons. The Labute approximate surface area is 109 Å². The van der Waals surface area contributed by atoms with E-state index >= 15 is 0 Å². The van der Waals surface area contributed by atoms with E-state index in [9.17, 15) is 14.4 Å². The van der Waals surface area contributed by atoms with Crippen molar-refractivity contribution in [3.8, 4) is 0 Å². The van der Waals surface area contributed by atoms with E-state index in [1.54, 1.807) is 0 Å². The van der Waals surface area contributed by atoms with E-state index in [1.165, 1.54) is 0 Å². The normalized spacial score (nSPS) is 33.7. The van der Waals surface area contributed by atoms with Gasteiger partial charge in [0, 0.05) is 25.9 Å². The topological polar surface area (TPSA) is 82.1 Å². The summed E-state index contributed by atoms with van der Waals surface area (Å²) in [6.07, 6.45) is 1.46. The Kier molecular flexibility index (Phi) is 3.14. The molecule has 3 rings (SSSR count). The predicted octanol–water partition coefficient (Wildman–Crippen LogP) is 0.771. The third-order valence-electron chi connectivity index (χ3n) is 3.84. The van der Waals surface area contributed by atoms with Crippen LogP contribution < -0.4 is 0 Å². The Bertz CT molecular complexity index is 394. The molecule has 0 aromatic rings. The van der Waals surface area contributed by atoms with Crippen LogP contribution in [-0.2, 0) is 23.9 Å². The smallest absolute Gasteiger partial charge is 0.429 e. The molecular weight excluding hydrogens is 254 g/mol. The lowest BCUT2D eigenvalue weighted by atomic mass is 10.1. The number of fused-ring (bicyclic) bond motifs is 1.